The van der Waals surface area contributed by atoms with Crippen LogP contribution >= 0.6 is 0 Å². The molecular weight excluding hydrogens is 378 g/mol. The molecule has 0 bridgehead atoms. The van der Waals surface area contributed by atoms with Crippen molar-refractivity contribution in [2.75, 3.05) is 37.8 Å². The van der Waals surface area contributed by atoms with E-state index >= 15 is 0 Å². The summed E-state index contributed by atoms with van der Waals surface area (Å²) in [5.41, 5.74) is 1.84. The molecule has 2 aromatic rings. The number of rotatable bonds is 6. The van der Waals surface area contributed by atoms with Gasteiger partial charge in [0.1, 0.15) is 12.1 Å². The van der Waals surface area contributed by atoms with Gasteiger partial charge in [-0.15, -0.1) is 0 Å². The number of carbonyl (C=O) groups is 2. The molecule has 0 aliphatic carbocycles. The summed E-state index contributed by atoms with van der Waals surface area (Å²) in [5.74, 6) is -0.164. The maximum Gasteiger partial charge on any atom is 0.302 e. The molecule has 2 heterocycles. The van der Waals surface area contributed by atoms with E-state index in [-0.39, 0.29) is 18.5 Å². The van der Waals surface area contributed by atoms with Crippen LogP contribution in [0.5, 0.6) is 0 Å². The van der Waals surface area contributed by atoms with Crippen molar-refractivity contribution >= 4 is 17.6 Å². The molecule has 0 atom stereocenters. The van der Waals surface area contributed by atoms with Crippen molar-refractivity contribution in [2.24, 2.45) is 0 Å². The number of likely N-dealkylation sites (tertiary alicyclic amines) is 1. The number of hydrogen-bond donors (Lipinski definition) is 0. The minimum Gasteiger partial charge on any atom is -0.464 e. The van der Waals surface area contributed by atoms with Crippen LogP contribution in [-0.2, 0) is 20.9 Å². The fourth-order valence-corrected chi connectivity index (χ4v) is 4.60. The number of anilines is 1. The van der Waals surface area contributed by atoms with Gasteiger partial charge >= 0.3 is 5.97 Å². The van der Waals surface area contributed by atoms with Gasteiger partial charge in [0.15, 0.2) is 0 Å². The highest BCUT2D eigenvalue weighted by Crippen LogP contribution is 2.39. The second-order valence-corrected chi connectivity index (χ2v) is 8.11. The standard InChI is InChI=1S/C24H29N3O3/c1-20(28)30-17-16-26-19-27(22-10-6-3-7-11-22)24(23(26)29)12-14-25(15-13-24)18-21-8-4-2-5-9-21/h2-11H,12-19H2,1H3. The smallest absolute Gasteiger partial charge is 0.302 e. The van der Waals surface area contributed by atoms with Crippen molar-refractivity contribution in [2.45, 2.75) is 31.8 Å². The van der Waals surface area contributed by atoms with Gasteiger partial charge in [-0.05, 0) is 30.5 Å². The molecule has 6 nitrogen and oxygen atoms in total. The van der Waals surface area contributed by atoms with E-state index < -0.39 is 5.54 Å². The molecule has 1 spiro atoms. The monoisotopic (exact) mass is 407 g/mol. The van der Waals surface area contributed by atoms with Gasteiger partial charge in [0.2, 0.25) is 5.91 Å². The summed E-state index contributed by atoms with van der Waals surface area (Å²) in [4.78, 5) is 31.2. The Morgan fingerprint density at radius 1 is 1.00 bits per heavy atom. The number of para-hydroxylation sites is 1. The van der Waals surface area contributed by atoms with E-state index in [9.17, 15) is 9.59 Å². The molecule has 6 heteroatoms. The lowest BCUT2D eigenvalue weighted by Gasteiger charge is -2.43. The van der Waals surface area contributed by atoms with Crippen molar-refractivity contribution < 1.29 is 14.3 Å². The molecule has 0 saturated carbocycles. The second kappa shape index (κ2) is 8.88. The molecule has 1 amide bonds. The minimum atomic E-state index is -0.523. The Labute approximate surface area is 178 Å². The molecule has 0 radical (unpaired) electrons. The van der Waals surface area contributed by atoms with E-state index in [0.717, 1.165) is 38.2 Å². The van der Waals surface area contributed by atoms with E-state index in [0.29, 0.717) is 13.2 Å². The third-order valence-electron chi connectivity index (χ3n) is 6.18. The molecule has 0 aromatic heterocycles. The Balaban J connectivity index is 1.50. The zero-order valence-corrected chi connectivity index (χ0v) is 17.5. The molecule has 158 valence electrons. The quantitative estimate of drug-likeness (QED) is 0.690. The molecule has 30 heavy (non-hydrogen) atoms. The Hall–Kier alpha value is -2.86. The molecular formula is C24H29N3O3. The van der Waals surface area contributed by atoms with Crippen LogP contribution in [0.4, 0.5) is 5.69 Å². The number of carbonyl (C=O) groups excluding carboxylic acids is 2. The van der Waals surface area contributed by atoms with Crippen molar-refractivity contribution in [3.05, 3.63) is 66.2 Å². The summed E-state index contributed by atoms with van der Waals surface area (Å²) in [6, 6.07) is 20.6. The lowest BCUT2D eigenvalue weighted by atomic mass is 9.85. The van der Waals surface area contributed by atoms with Crippen LogP contribution in [0.1, 0.15) is 25.3 Å². The first-order chi connectivity index (χ1) is 14.6. The summed E-state index contributed by atoms with van der Waals surface area (Å²) in [6.07, 6.45) is 1.58. The summed E-state index contributed by atoms with van der Waals surface area (Å²) in [6.45, 7) is 5.25. The molecule has 0 unspecified atom stereocenters. The van der Waals surface area contributed by atoms with E-state index in [2.05, 4.69) is 46.2 Å². The van der Waals surface area contributed by atoms with Crippen LogP contribution < -0.4 is 4.90 Å². The average molecular weight is 408 g/mol. The number of ether oxygens (including phenoxy) is 1. The van der Waals surface area contributed by atoms with Crippen molar-refractivity contribution in [1.29, 1.82) is 0 Å². The third kappa shape index (κ3) is 4.19. The zero-order valence-electron chi connectivity index (χ0n) is 17.5. The first-order valence-electron chi connectivity index (χ1n) is 10.6. The number of benzene rings is 2. The third-order valence-corrected chi connectivity index (χ3v) is 6.18. The van der Waals surface area contributed by atoms with Crippen molar-refractivity contribution in [1.82, 2.24) is 9.80 Å². The van der Waals surface area contributed by atoms with Crippen LogP contribution in [0.15, 0.2) is 60.7 Å². The van der Waals surface area contributed by atoms with Gasteiger partial charge < -0.3 is 14.5 Å². The van der Waals surface area contributed by atoms with Crippen LogP contribution in [0.25, 0.3) is 0 Å². The number of amides is 1. The van der Waals surface area contributed by atoms with Crippen molar-refractivity contribution in [3.63, 3.8) is 0 Å². The number of hydrogen-bond acceptors (Lipinski definition) is 5. The van der Waals surface area contributed by atoms with Gasteiger partial charge in [0.25, 0.3) is 0 Å². The SMILES string of the molecule is CC(=O)OCCN1CN(c2ccccc2)C2(CCN(Cc3ccccc3)CC2)C1=O. The summed E-state index contributed by atoms with van der Waals surface area (Å²) in [7, 11) is 0. The van der Waals surface area contributed by atoms with Gasteiger partial charge in [-0.2, -0.15) is 0 Å². The van der Waals surface area contributed by atoms with Crippen molar-refractivity contribution in [3.8, 4) is 0 Å². The Morgan fingerprint density at radius 3 is 2.27 bits per heavy atom. The Morgan fingerprint density at radius 2 is 1.63 bits per heavy atom. The number of esters is 1. The lowest BCUT2D eigenvalue weighted by molar-refractivity contribution is -0.143. The molecule has 2 aromatic carbocycles. The Bertz CT molecular complexity index is 864. The first kappa shape index (κ1) is 20.4. The first-order valence-corrected chi connectivity index (χ1v) is 10.6. The lowest BCUT2D eigenvalue weighted by Crippen LogP contribution is -2.56. The Kier molecular flexibility index (Phi) is 6.04. The summed E-state index contributed by atoms with van der Waals surface area (Å²) >= 11 is 0. The van der Waals surface area contributed by atoms with Crippen LogP contribution in [0.2, 0.25) is 0 Å². The van der Waals surface area contributed by atoms with E-state index in [1.165, 1.54) is 12.5 Å². The van der Waals surface area contributed by atoms with E-state index in [1.54, 1.807) is 0 Å². The van der Waals surface area contributed by atoms with Crippen LogP contribution in [-0.4, -0.2) is 60.1 Å². The summed E-state index contributed by atoms with van der Waals surface area (Å²) < 4.78 is 5.09. The normalized spacial score (nSPS) is 18.8. The highest BCUT2D eigenvalue weighted by atomic mass is 16.5. The molecule has 2 fully saturated rings. The molecule has 4 rings (SSSR count). The highest BCUT2D eigenvalue weighted by Gasteiger charge is 2.53. The maximum atomic E-state index is 13.5. The molecule has 2 saturated heterocycles. The molecule has 2 aliphatic heterocycles. The fourth-order valence-electron chi connectivity index (χ4n) is 4.60. The predicted molar refractivity (Wildman–Crippen MR) is 116 cm³/mol. The second-order valence-electron chi connectivity index (χ2n) is 8.11. The van der Waals surface area contributed by atoms with Gasteiger partial charge in [-0.25, -0.2) is 0 Å². The topological polar surface area (TPSA) is 53.1 Å². The molecule has 0 N–H and O–H groups in total. The van der Waals surface area contributed by atoms with Crippen LogP contribution in [0, 0.1) is 0 Å². The van der Waals surface area contributed by atoms with Gasteiger partial charge in [-0.3, -0.25) is 14.5 Å². The van der Waals surface area contributed by atoms with E-state index in [1.807, 2.05) is 29.2 Å². The average Bonchev–Trinajstić information content (AvgIpc) is 3.03. The van der Waals surface area contributed by atoms with Gasteiger partial charge in [0, 0.05) is 32.2 Å². The van der Waals surface area contributed by atoms with E-state index in [4.69, 9.17) is 4.74 Å². The maximum absolute atomic E-state index is 13.5. The zero-order chi connectivity index (χ0) is 21.0. The fraction of sp³-hybridized carbons (Fsp3) is 0.417. The van der Waals surface area contributed by atoms with Crippen LogP contribution in [0.3, 0.4) is 0 Å². The highest BCUT2D eigenvalue weighted by molar-refractivity contribution is 5.93. The number of nitrogens with zero attached hydrogens (tertiary/aromatic N) is 3. The summed E-state index contributed by atoms with van der Waals surface area (Å²) in [5, 5.41) is 0. The van der Waals surface area contributed by atoms with Gasteiger partial charge in [0.05, 0.1) is 13.2 Å². The molecule has 2 aliphatic rings. The largest absolute Gasteiger partial charge is 0.464 e. The minimum absolute atomic E-state index is 0.151. The van der Waals surface area contributed by atoms with Gasteiger partial charge in [-0.1, -0.05) is 48.5 Å². The number of piperidine rings is 1. The predicted octanol–water partition coefficient (Wildman–Crippen LogP) is 2.89.